The molecule has 2 heterocycles. The highest BCUT2D eigenvalue weighted by Gasteiger charge is 2.23. The third kappa shape index (κ3) is 5.34. The highest BCUT2D eigenvalue weighted by Crippen LogP contribution is 2.37. The van der Waals surface area contributed by atoms with Crippen LogP contribution in [0.25, 0.3) is 10.9 Å². The van der Waals surface area contributed by atoms with Gasteiger partial charge in [0.1, 0.15) is 0 Å². The van der Waals surface area contributed by atoms with Crippen molar-refractivity contribution in [2.24, 2.45) is 0 Å². The van der Waals surface area contributed by atoms with Crippen LogP contribution in [0.1, 0.15) is 42.4 Å². The number of nitrogens with one attached hydrogen (secondary N) is 2. The molecule has 0 spiro atoms. The lowest BCUT2D eigenvalue weighted by Crippen LogP contribution is -2.38. The number of aryl methyl sites for hydroxylation is 1. The molecule has 1 fully saturated rings. The van der Waals surface area contributed by atoms with Crippen LogP contribution in [0.15, 0.2) is 48.7 Å². The lowest BCUT2D eigenvalue weighted by atomic mass is 9.87. The van der Waals surface area contributed by atoms with Crippen LogP contribution in [0.3, 0.4) is 0 Å². The molecule has 1 atom stereocenters. The van der Waals surface area contributed by atoms with Gasteiger partial charge in [0.15, 0.2) is 0 Å². The first kappa shape index (κ1) is 22.8. The number of fused-ring (bicyclic) bond motifs is 1. The van der Waals surface area contributed by atoms with Crippen molar-refractivity contribution in [2.45, 2.75) is 32.1 Å². The molecule has 0 saturated carbocycles. The van der Waals surface area contributed by atoms with E-state index in [1.807, 2.05) is 30.5 Å². The molecule has 32 heavy (non-hydrogen) atoms. The zero-order chi connectivity index (χ0) is 22.3. The Bertz CT molecular complexity index is 1040. The summed E-state index contributed by atoms with van der Waals surface area (Å²) in [5, 5.41) is 4.98. The summed E-state index contributed by atoms with van der Waals surface area (Å²) < 4.78 is 5.40. The van der Waals surface area contributed by atoms with Crippen molar-refractivity contribution in [1.29, 1.82) is 0 Å². The number of rotatable bonds is 9. The molecule has 2 aromatic carbocycles. The van der Waals surface area contributed by atoms with Crippen LogP contribution in [0, 0.1) is 0 Å². The zero-order valence-electron chi connectivity index (χ0n) is 18.7. The van der Waals surface area contributed by atoms with Crippen LogP contribution in [0.2, 0.25) is 5.02 Å². The van der Waals surface area contributed by atoms with Crippen LogP contribution >= 0.6 is 11.6 Å². The number of para-hydroxylation sites is 1. The Balaban J connectivity index is 1.48. The van der Waals surface area contributed by atoms with Gasteiger partial charge in [-0.1, -0.05) is 54.9 Å². The Kier molecular flexibility index (Phi) is 7.85. The summed E-state index contributed by atoms with van der Waals surface area (Å²) in [4.78, 5) is 18.8. The number of morpholine rings is 1. The molecule has 1 aromatic heterocycles. The van der Waals surface area contributed by atoms with E-state index in [9.17, 15) is 4.79 Å². The predicted molar refractivity (Wildman–Crippen MR) is 130 cm³/mol. The standard InChI is InChI=1S/C26H32ClN3O2/c1-2-19-7-5-9-21-23(18-29-26(19)21)22(20-8-3-4-10-24(20)27)17-25(31)28-11-6-12-30-13-15-32-16-14-30/h3-5,7-10,18,22,29H,2,6,11-17H2,1H3,(H,28,31). The Hall–Kier alpha value is -2.34. The molecule has 1 unspecified atom stereocenters. The normalized spacial score (nSPS) is 15.7. The van der Waals surface area contributed by atoms with E-state index in [-0.39, 0.29) is 11.8 Å². The zero-order valence-corrected chi connectivity index (χ0v) is 19.5. The van der Waals surface area contributed by atoms with Gasteiger partial charge in [0, 0.05) is 54.1 Å². The Labute approximate surface area is 195 Å². The number of halogens is 1. The number of benzene rings is 2. The van der Waals surface area contributed by atoms with Crippen molar-refractivity contribution >= 4 is 28.4 Å². The van der Waals surface area contributed by atoms with E-state index in [0.717, 1.165) is 67.7 Å². The average Bonchev–Trinajstić information content (AvgIpc) is 3.26. The Morgan fingerprint density at radius 2 is 1.97 bits per heavy atom. The van der Waals surface area contributed by atoms with Gasteiger partial charge in [-0.25, -0.2) is 0 Å². The minimum atomic E-state index is -0.108. The number of amides is 1. The molecule has 1 saturated heterocycles. The van der Waals surface area contributed by atoms with Crippen molar-refractivity contribution in [2.75, 3.05) is 39.4 Å². The molecule has 3 aromatic rings. The number of carbonyl (C=O) groups excluding carboxylic acids is 1. The quantitative estimate of drug-likeness (QED) is 0.460. The second kappa shape index (κ2) is 11.0. The van der Waals surface area contributed by atoms with E-state index in [2.05, 4.69) is 40.3 Å². The second-order valence-electron chi connectivity index (χ2n) is 8.37. The molecule has 6 heteroatoms. The number of hydrogen-bond donors (Lipinski definition) is 2. The van der Waals surface area contributed by atoms with Gasteiger partial charge in [0.2, 0.25) is 5.91 Å². The molecule has 4 rings (SSSR count). The van der Waals surface area contributed by atoms with Crippen molar-refractivity contribution in [3.8, 4) is 0 Å². The maximum absolute atomic E-state index is 12.9. The van der Waals surface area contributed by atoms with Crippen LogP contribution in [-0.4, -0.2) is 55.2 Å². The SMILES string of the molecule is CCc1cccc2c(C(CC(=O)NCCCN3CCOCC3)c3ccccc3Cl)c[nH]c12. The summed E-state index contributed by atoms with van der Waals surface area (Å²) in [5.74, 6) is -0.0540. The molecule has 0 bridgehead atoms. The van der Waals surface area contributed by atoms with Gasteiger partial charge < -0.3 is 15.0 Å². The molecule has 1 amide bonds. The average molecular weight is 454 g/mol. The third-order valence-electron chi connectivity index (χ3n) is 6.34. The Morgan fingerprint density at radius 3 is 2.75 bits per heavy atom. The monoisotopic (exact) mass is 453 g/mol. The summed E-state index contributed by atoms with van der Waals surface area (Å²) in [7, 11) is 0. The number of aromatic amines is 1. The van der Waals surface area contributed by atoms with Gasteiger partial charge in [0.25, 0.3) is 0 Å². The molecule has 2 N–H and O–H groups in total. The summed E-state index contributed by atoms with van der Waals surface area (Å²) in [6, 6.07) is 14.2. The van der Waals surface area contributed by atoms with Crippen molar-refractivity contribution in [1.82, 2.24) is 15.2 Å². The van der Waals surface area contributed by atoms with Crippen molar-refractivity contribution in [3.63, 3.8) is 0 Å². The van der Waals surface area contributed by atoms with Gasteiger partial charge in [-0.3, -0.25) is 9.69 Å². The fourth-order valence-electron chi connectivity index (χ4n) is 4.58. The summed E-state index contributed by atoms with van der Waals surface area (Å²) in [5.41, 5.74) is 4.53. The van der Waals surface area contributed by atoms with Crippen LogP contribution in [0.5, 0.6) is 0 Å². The molecular weight excluding hydrogens is 422 g/mol. The molecule has 170 valence electrons. The number of aromatic nitrogens is 1. The summed E-state index contributed by atoms with van der Waals surface area (Å²) >= 11 is 6.58. The number of ether oxygens (including phenoxy) is 1. The largest absolute Gasteiger partial charge is 0.379 e. The maximum Gasteiger partial charge on any atom is 0.220 e. The van der Waals surface area contributed by atoms with E-state index in [1.165, 1.54) is 5.56 Å². The topological polar surface area (TPSA) is 57.4 Å². The van der Waals surface area contributed by atoms with Gasteiger partial charge in [0.05, 0.1) is 13.2 Å². The van der Waals surface area contributed by atoms with E-state index in [1.54, 1.807) is 0 Å². The molecule has 0 radical (unpaired) electrons. The molecule has 1 aliphatic heterocycles. The number of nitrogens with zero attached hydrogens (tertiary/aromatic N) is 1. The molecule has 0 aliphatic carbocycles. The minimum absolute atomic E-state index is 0.0536. The molecule has 1 aliphatic rings. The first-order chi connectivity index (χ1) is 15.7. The predicted octanol–water partition coefficient (Wildman–Crippen LogP) is 4.74. The van der Waals surface area contributed by atoms with Crippen LogP contribution < -0.4 is 5.32 Å². The van der Waals surface area contributed by atoms with E-state index >= 15 is 0 Å². The first-order valence-electron chi connectivity index (χ1n) is 11.6. The maximum atomic E-state index is 12.9. The summed E-state index contributed by atoms with van der Waals surface area (Å²) in [6.07, 6.45) is 4.31. The highest BCUT2D eigenvalue weighted by molar-refractivity contribution is 6.31. The fraction of sp³-hybridized carbons (Fsp3) is 0.423. The van der Waals surface area contributed by atoms with Crippen LogP contribution in [0.4, 0.5) is 0 Å². The van der Waals surface area contributed by atoms with Gasteiger partial charge in [-0.05, 0) is 42.1 Å². The van der Waals surface area contributed by atoms with Crippen molar-refractivity contribution < 1.29 is 9.53 Å². The number of carbonyl (C=O) groups is 1. The first-order valence-corrected chi connectivity index (χ1v) is 11.9. The minimum Gasteiger partial charge on any atom is -0.379 e. The Morgan fingerprint density at radius 1 is 1.16 bits per heavy atom. The summed E-state index contributed by atoms with van der Waals surface area (Å²) in [6.45, 7) is 7.38. The smallest absolute Gasteiger partial charge is 0.220 e. The fourth-order valence-corrected chi connectivity index (χ4v) is 4.85. The van der Waals surface area contributed by atoms with Gasteiger partial charge in [-0.2, -0.15) is 0 Å². The lowest BCUT2D eigenvalue weighted by molar-refractivity contribution is -0.121. The van der Waals surface area contributed by atoms with Crippen LogP contribution in [-0.2, 0) is 16.0 Å². The van der Waals surface area contributed by atoms with Gasteiger partial charge in [-0.15, -0.1) is 0 Å². The molecule has 5 nitrogen and oxygen atoms in total. The van der Waals surface area contributed by atoms with E-state index < -0.39 is 0 Å². The van der Waals surface area contributed by atoms with Gasteiger partial charge >= 0.3 is 0 Å². The lowest BCUT2D eigenvalue weighted by Gasteiger charge is -2.26. The number of hydrogen-bond acceptors (Lipinski definition) is 3. The highest BCUT2D eigenvalue weighted by atomic mass is 35.5. The second-order valence-corrected chi connectivity index (χ2v) is 8.78. The van der Waals surface area contributed by atoms with E-state index in [4.69, 9.17) is 16.3 Å². The third-order valence-corrected chi connectivity index (χ3v) is 6.68. The van der Waals surface area contributed by atoms with E-state index in [0.29, 0.717) is 18.0 Å². The molecular formula is C26H32ClN3O2. The van der Waals surface area contributed by atoms with Crippen molar-refractivity contribution in [3.05, 3.63) is 70.4 Å². The number of H-pyrrole nitrogens is 1.